The molecular weight excluding hydrogens is 184 g/mol. The maximum atomic E-state index is 10.2. The van der Waals surface area contributed by atoms with E-state index in [1.165, 1.54) is 0 Å². The van der Waals surface area contributed by atoms with Gasteiger partial charge in [-0.2, -0.15) is 0 Å². The topological polar surface area (TPSA) is 20.2 Å². The minimum absolute atomic E-state index is 0.00697. The molecule has 15 heavy (non-hydrogen) atoms. The first-order valence-corrected chi connectivity index (χ1v) is 5.64. The predicted octanol–water partition coefficient (Wildman–Crippen LogP) is 4.86. The minimum atomic E-state index is -0.0737. The van der Waals surface area contributed by atoms with Crippen molar-refractivity contribution in [2.75, 3.05) is 0 Å². The molecule has 0 atom stereocenters. The highest BCUT2D eigenvalue weighted by Gasteiger charge is 2.25. The zero-order chi connectivity index (χ0) is 12.4. The molecule has 0 heterocycles. The van der Waals surface area contributed by atoms with Crippen LogP contribution in [0.25, 0.3) is 0 Å². The molecule has 0 unspecified atom stereocenters. The molecule has 0 amide bonds. The van der Waals surface area contributed by atoms with Crippen LogP contribution in [0.1, 0.15) is 54.9 Å². The Hall–Kier alpha value is -0.720. The fourth-order valence-corrected chi connectivity index (χ4v) is 1.59. The lowest BCUT2D eigenvalue weighted by atomic mass is 9.78. The maximum absolute atomic E-state index is 10.2. The third kappa shape index (κ3) is 3.73. The molecule has 0 aromatic rings. The first kappa shape index (κ1) is 14.3. The van der Waals surface area contributed by atoms with Crippen LogP contribution in [-0.4, -0.2) is 5.11 Å². The second-order valence-electron chi connectivity index (χ2n) is 6.16. The van der Waals surface area contributed by atoms with Crippen LogP contribution in [0, 0.1) is 10.8 Å². The first-order valence-electron chi connectivity index (χ1n) is 5.64. The molecule has 0 saturated heterocycles. The molecular formula is C14H26O. The summed E-state index contributed by atoms with van der Waals surface area (Å²) in [5, 5.41) is 10.2. The monoisotopic (exact) mass is 210 g/mol. The summed E-state index contributed by atoms with van der Waals surface area (Å²) in [7, 11) is 0. The van der Waals surface area contributed by atoms with Gasteiger partial charge in [0.1, 0.15) is 5.76 Å². The highest BCUT2D eigenvalue weighted by molar-refractivity contribution is 5.33. The summed E-state index contributed by atoms with van der Waals surface area (Å²) in [6.07, 6.45) is 0.866. The van der Waals surface area contributed by atoms with E-state index in [0.29, 0.717) is 5.76 Å². The van der Waals surface area contributed by atoms with E-state index in [4.69, 9.17) is 0 Å². The van der Waals surface area contributed by atoms with Crippen molar-refractivity contribution in [2.45, 2.75) is 54.9 Å². The lowest BCUT2D eigenvalue weighted by Crippen LogP contribution is -2.17. The summed E-state index contributed by atoms with van der Waals surface area (Å²) in [5.41, 5.74) is 1.85. The third-order valence-corrected chi connectivity index (χ3v) is 2.74. The van der Waals surface area contributed by atoms with Crippen molar-refractivity contribution < 1.29 is 5.11 Å². The molecule has 0 radical (unpaired) electrons. The fourth-order valence-electron chi connectivity index (χ4n) is 1.59. The molecule has 88 valence electrons. The molecule has 1 heteroatoms. The SMILES string of the molecule is C=C(/C(O)=C(\CC)C(C)(C)C)C(C)(C)C. The van der Waals surface area contributed by atoms with Gasteiger partial charge in [-0.05, 0) is 28.4 Å². The summed E-state index contributed by atoms with van der Waals surface area (Å²) in [4.78, 5) is 0. The summed E-state index contributed by atoms with van der Waals surface area (Å²) in [5.74, 6) is 0.400. The molecule has 0 saturated carbocycles. The fraction of sp³-hybridized carbons (Fsp3) is 0.714. The molecule has 1 N–H and O–H groups in total. The van der Waals surface area contributed by atoms with Gasteiger partial charge in [0.15, 0.2) is 0 Å². The van der Waals surface area contributed by atoms with Crippen LogP contribution in [0.15, 0.2) is 23.5 Å². The van der Waals surface area contributed by atoms with Crippen molar-refractivity contribution in [3.63, 3.8) is 0 Å². The minimum Gasteiger partial charge on any atom is -0.508 e. The average molecular weight is 210 g/mol. The Kier molecular flexibility index (Phi) is 4.21. The molecule has 0 aromatic heterocycles. The molecule has 0 bridgehead atoms. The summed E-state index contributed by atoms with van der Waals surface area (Å²) < 4.78 is 0. The number of hydrogen-bond donors (Lipinski definition) is 1. The van der Waals surface area contributed by atoms with Gasteiger partial charge in [0, 0.05) is 0 Å². The van der Waals surface area contributed by atoms with Crippen LogP contribution in [0.2, 0.25) is 0 Å². The molecule has 0 rings (SSSR count). The maximum Gasteiger partial charge on any atom is 0.118 e. The van der Waals surface area contributed by atoms with Crippen LogP contribution in [-0.2, 0) is 0 Å². The van der Waals surface area contributed by atoms with E-state index in [9.17, 15) is 5.11 Å². The Morgan fingerprint density at radius 2 is 1.40 bits per heavy atom. The summed E-state index contributed by atoms with van der Waals surface area (Å²) >= 11 is 0. The Bertz CT molecular complexity index is 269. The van der Waals surface area contributed by atoms with Gasteiger partial charge in [-0.25, -0.2) is 0 Å². The van der Waals surface area contributed by atoms with Crippen LogP contribution in [0.5, 0.6) is 0 Å². The first-order chi connectivity index (χ1) is 6.51. The predicted molar refractivity (Wildman–Crippen MR) is 68.0 cm³/mol. The zero-order valence-corrected chi connectivity index (χ0v) is 11.4. The Morgan fingerprint density at radius 1 is 1.00 bits per heavy atom. The second-order valence-corrected chi connectivity index (χ2v) is 6.16. The van der Waals surface area contributed by atoms with E-state index in [0.717, 1.165) is 17.6 Å². The third-order valence-electron chi connectivity index (χ3n) is 2.74. The molecule has 0 fully saturated rings. The van der Waals surface area contributed by atoms with Gasteiger partial charge >= 0.3 is 0 Å². The largest absolute Gasteiger partial charge is 0.508 e. The zero-order valence-electron chi connectivity index (χ0n) is 11.4. The van der Waals surface area contributed by atoms with Crippen molar-refractivity contribution in [1.82, 2.24) is 0 Å². The molecule has 0 aliphatic carbocycles. The molecule has 0 aliphatic rings. The standard InChI is InChI=1S/C14H26O/c1-9-11(14(6,7)8)12(15)10(2)13(3,4)5/h15H,2,9H2,1,3-8H3/b12-11-. The average Bonchev–Trinajstić information content (AvgIpc) is 1.99. The summed E-state index contributed by atoms with van der Waals surface area (Å²) in [6, 6.07) is 0. The van der Waals surface area contributed by atoms with Crippen molar-refractivity contribution >= 4 is 0 Å². The highest BCUT2D eigenvalue weighted by atomic mass is 16.3. The number of hydrogen-bond acceptors (Lipinski definition) is 1. The van der Waals surface area contributed by atoms with E-state index < -0.39 is 0 Å². The van der Waals surface area contributed by atoms with Gasteiger partial charge in [0.25, 0.3) is 0 Å². The molecule has 0 aromatic carbocycles. The van der Waals surface area contributed by atoms with Crippen molar-refractivity contribution in [3.05, 3.63) is 23.5 Å². The second kappa shape index (κ2) is 4.42. The molecule has 1 nitrogen and oxygen atoms in total. The number of rotatable bonds is 2. The number of allylic oxidation sites excluding steroid dienone is 2. The van der Waals surface area contributed by atoms with Crippen molar-refractivity contribution in [2.24, 2.45) is 10.8 Å². The van der Waals surface area contributed by atoms with E-state index in [1.54, 1.807) is 0 Å². The molecule has 0 aliphatic heterocycles. The van der Waals surface area contributed by atoms with E-state index >= 15 is 0 Å². The lowest BCUT2D eigenvalue weighted by molar-refractivity contribution is 0.347. The van der Waals surface area contributed by atoms with Crippen molar-refractivity contribution in [3.8, 4) is 0 Å². The quantitative estimate of drug-likeness (QED) is 0.510. The van der Waals surface area contributed by atoms with Gasteiger partial charge in [-0.15, -0.1) is 0 Å². The van der Waals surface area contributed by atoms with Crippen LogP contribution in [0.4, 0.5) is 0 Å². The Morgan fingerprint density at radius 3 is 1.60 bits per heavy atom. The van der Waals surface area contributed by atoms with Gasteiger partial charge < -0.3 is 5.11 Å². The Balaban J connectivity index is 5.33. The molecule has 0 spiro atoms. The van der Waals surface area contributed by atoms with Crippen molar-refractivity contribution in [1.29, 1.82) is 0 Å². The van der Waals surface area contributed by atoms with Gasteiger partial charge in [-0.3, -0.25) is 0 Å². The summed E-state index contributed by atoms with van der Waals surface area (Å²) in [6.45, 7) is 18.7. The van der Waals surface area contributed by atoms with E-state index in [1.807, 2.05) is 0 Å². The van der Waals surface area contributed by atoms with E-state index in [-0.39, 0.29) is 10.8 Å². The van der Waals surface area contributed by atoms with Gasteiger partial charge in [0.05, 0.1) is 0 Å². The Labute approximate surface area is 94.9 Å². The van der Waals surface area contributed by atoms with E-state index in [2.05, 4.69) is 55.0 Å². The van der Waals surface area contributed by atoms with Gasteiger partial charge in [-0.1, -0.05) is 55.0 Å². The smallest absolute Gasteiger partial charge is 0.118 e. The number of aliphatic hydroxyl groups is 1. The van der Waals surface area contributed by atoms with Crippen LogP contribution in [0.3, 0.4) is 0 Å². The highest BCUT2D eigenvalue weighted by Crippen LogP contribution is 2.36. The van der Waals surface area contributed by atoms with Crippen LogP contribution < -0.4 is 0 Å². The normalized spacial score (nSPS) is 14.9. The number of aliphatic hydroxyl groups excluding tert-OH is 1. The lowest BCUT2D eigenvalue weighted by Gasteiger charge is -2.28. The van der Waals surface area contributed by atoms with Crippen LogP contribution >= 0.6 is 0 Å². The van der Waals surface area contributed by atoms with Gasteiger partial charge in [0.2, 0.25) is 0 Å².